The van der Waals surface area contributed by atoms with Crippen molar-refractivity contribution >= 4 is 0 Å². The van der Waals surface area contributed by atoms with Crippen LogP contribution in [0.15, 0.2) is 24.3 Å². The molecule has 0 spiro atoms. The Morgan fingerprint density at radius 1 is 1.24 bits per heavy atom. The van der Waals surface area contributed by atoms with Gasteiger partial charge < -0.3 is 14.5 Å². The van der Waals surface area contributed by atoms with E-state index in [0.29, 0.717) is 12.6 Å². The van der Waals surface area contributed by atoms with E-state index in [-0.39, 0.29) is 0 Å². The summed E-state index contributed by atoms with van der Waals surface area (Å²) in [5.41, 5.74) is 2.95. The standard InChI is InChI=1S/C13H16N2O2/c1-4-17-11-7-5-10(6-8-11)12-9(2)14-13(15-12)16-3/h5-8H,4H2,1-3H3,(H,14,15). The van der Waals surface area contributed by atoms with Crippen LogP contribution in [0.4, 0.5) is 0 Å². The first-order chi connectivity index (χ1) is 8.24. The minimum Gasteiger partial charge on any atom is -0.494 e. The maximum absolute atomic E-state index is 5.40. The number of aromatic nitrogens is 2. The number of aryl methyl sites for hydroxylation is 1. The zero-order valence-electron chi connectivity index (χ0n) is 10.3. The van der Waals surface area contributed by atoms with E-state index in [1.165, 1.54) is 0 Å². The van der Waals surface area contributed by atoms with Crippen molar-refractivity contribution in [3.63, 3.8) is 0 Å². The van der Waals surface area contributed by atoms with Crippen LogP contribution in [0.1, 0.15) is 12.6 Å². The molecule has 0 atom stereocenters. The van der Waals surface area contributed by atoms with Crippen molar-refractivity contribution in [2.24, 2.45) is 0 Å². The first-order valence-corrected chi connectivity index (χ1v) is 5.58. The topological polar surface area (TPSA) is 47.1 Å². The molecule has 0 amide bonds. The van der Waals surface area contributed by atoms with Gasteiger partial charge in [-0.15, -0.1) is 0 Å². The maximum atomic E-state index is 5.40. The molecule has 0 aliphatic carbocycles. The quantitative estimate of drug-likeness (QED) is 0.881. The number of nitrogens with one attached hydrogen (secondary N) is 1. The van der Waals surface area contributed by atoms with Crippen LogP contribution in [0.2, 0.25) is 0 Å². The van der Waals surface area contributed by atoms with Crippen molar-refractivity contribution < 1.29 is 9.47 Å². The van der Waals surface area contributed by atoms with Gasteiger partial charge >= 0.3 is 0 Å². The summed E-state index contributed by atoms with van der Waals surface area (Å²) in [4.78, 5) is 7.42. The van der Waals surface area contributed by atoms with Gasteiger partial charge in [-0.2, -0.15) is 4.98 Å². The fourth-order valence-corrected chi connectivity index (χ4v) is 1.69. The van der Waals surface area contributed by atoms with Crippen LogP contribution in [0, 0.1) is 6.92 Å². The van der Waals surface area contributed by atoms with E-state index in [4.69, 9.17) is 9.47 Å². The van der Waals surface area contributed by atoms with Gasteiger partial charge in [0.2, 0.25) is 0 Å². The molecule has 90 valence electrons. The summed E-state index contributed by atoms with van der Waals surface area (Å²) in [5.74, 6) is 0.872. The van der Waals surface area contributed by atoms with Crippen molar-refractivity contribution in [3.05, 3.63) is 30.0 Å². The Morgan fingerprint density at radius 3 is 2.47 bits per heavy atom. The van der Waals surface area contributed by atoms with Crippen LogP contribution in [-0.2, 0) is 0 Å². The van der Waals surface area contributed by atoms with E-state index in [1.807, 2.05) is 38.1 Å². The van der Waals surface area contributed by atoms with Crippen molar-refractivity contribution in [3.8, 4) is 23.0 Å². The molecule has 0 aliphatic rings. The Labute approximate surface area is 101 Å². The molecule has 0 saturated heterocycles. The SMILES string of the molecule is CCOc1ccc(-c2nc(OC)[nH]c2C)cc1. The van der Waals surface area contributed by atoms with Crippen molar-refractivity contribution in [2.45, 2.75) is 13.8 Å². The van der Waals surface area contributed by atoms with Gasteiger partial charge in [-0.3, -0.25) is 0 Å². The highest BCUT2D eigenvalue weighted by Gasteiger charge is 2.08. The Bertz CT molecular complexity index is 489. The fraction of sp³-hybridized carbons (Fsp3) is 0.308. The summed E-state index contributed by atoms with van der Waals surface area (Å²) < 4.78 is 10.5. The van der Waals surface area contributed by atoms with E-state index in [2.05, 4.69) is 9.97 Å². The van der Waals surface area contributed by atoms with Crippen LogP contribution < -0.4 is 9.47 Å². The lowest BCUT2D eigenvalue weighted by molar-refractivity contribution is 0.340. The van der Waals surface area contributed by atoms with Gasteiger partial charge in [-0.25, -0.2) is 0 Å². The molecule has 2 rings (SSSR count). The predicted molar refractivity (Wildman–Crippen MR) is 66.5 cm³/mol. The molecule has 4 heteroatoms. The smallest absolute Gasteiger partial charge is 0.294 e. The predicted octanol–water partition coefficient (Wildman–Crippen LogP) is 2.79. The third kappa shape index (κ3) is 2.41. The van der Waals surface area contributed by atoms with Crippen LogP contribution in [0.5, 0.6) is 11.8 Å². The maximum Gasteiger partial charge on any atom is 0.294 e. The summed E-state index contributed by atoms with van der Waals surface area (Å²) in [5, 5.41) is 0. The summed E-state index contributed by atoms with van der Waals surface area (Å²) in [6, 6.07) is 8.41. The third-order valence-electron chi connectivity index (χ3n) is 2.50. The summed E-state index contributed by atoms with van der Waals surface area (Å²) >= 11 is 0. The number of aromatic amines is 1. The summed E-state index contributed by atoms with van der Waals surface area (Å²) in [6.45, 7) is 4.62. The number of ether oxygens (including phenoxy) is 2. The molecule has 1 N–H and O–H groups in total. The minimum atomic E-state index is 0.534. The van der Waals surface area contributed by atoms with Gasteiger partial charge in [-0.1, -0.05) is 0 Å². The average Bonchev–Trinajstić information content (AvgIpc) is 2.72. The molecule has 1 heterocycles. The second kappa shape index (κ2) is 4.91. The zero-order valence-corrected chi connectivity index (χ0v) is 10.3. The number of hydrogen-bond donors (Lipinski definition) is 1. The van der Waals surface area contributed by atoms with Gasteiger partial charge in [0.25, 0.3) is 6.01 Å². The van der Waals surface area contributed by atoms with Gasteiger partial charge in [-0.05, 0) is 38.1 Å². The number of benzene rings is 1. The highest BCUT2D eigenvalue weighted by Crippen LogP contribution is 2.25. The minimum absolute atomic E-state index is 0.534. The van der Waals surface area contributed by atoms with Crippen LogP contribution >= 0.6 is 0 Å². The number of H-pyrrole nitrogens is 1. The molecule has 0 radical (unpaired) electrons. The highest BCUT2D eigenvalue weighted by molar-refractivity contribution is 5.63. The van der Waals surface area contributed by atoms with E-state index >= 15 is 0 Å². The molecule has 0 aliphatic heterocycles. The molecule has 17 heavy (non-hydrogen) atoms. The number of hydrogen-bond acceptors (Lipinski definition) is 3. The van der Waals surface area contributed by atoms with Crippen LogP contribution in [0.25, 0.3) is 11.3 Å². The second-order valence-corrected chi connectivity index (χ2v) is 3.68. The van der Waals surface area contributed by atoms with Crippen LogP contribution in [0.3, 0.4) is 0 Å². The Balaban J connectivity index is 2.29. The average molecular weight is 232 g/mol. The van der Waals surface area contributed by atoms with Crippen molar-refractivity contribution in [1.29, 1.82) is 0 Å². The van der Waals surface area contributed by atoms with E-state index in [1.54, 1.807) is 7.11 Å². The van der Waals surface area contributed by atoms with Crippen molar-refractivity contribution in [1.82, 2.24) is 9.97 Å². The zero-order chi connectivity index (χ0) is 12.3. The second-order valence-electron chi connectivity index (χ2n) is 3.68. The number of nitrogens with zero attached hydrogens (tertiary/aromatic N) is 1. The molecule has 0 unspecified atom stereocenters. The molecule has 0 saturated carbocycles. The van der Waals surface area contributed by atoms with Gasteiger partial charge in [0.05, 0.1) is 19.4 Å². The Kier molecular flexibility index (Phi) is 3.32. The molecule has 1 aromatic heterocycles. The lowest BCUT2D eigenvalue weighted by atomic mass is 10.1. The van der Waals surface area contributed by atoms with Gasteiger partial charge in [0.1, 0.15) is 5.75 Å². The first-order valence-electron chi connectivity index (χ1n) is 5.58. The monoisotopic (exact) mass is 232 g/mol. The van der Waals surface area contributed by atoms with E-state index in [9.17, 15) is 0 Å². The van der Waals surface area contributed by atoms with E-state index < -0.39 is 0 Å². The fourth-order valence-electron chi connectivity index (χ4n) is 1.69. The van der Waals surface area contributed by atoms with Crippen LogP contribution in [-0.4, -0.2) is 23.7 Å². The molecular formula is C13H16N2O2. The molecule has 0 fully saturated rings. The largest absolute Gasteiger partial charge is 0.494 e. The highest BCUT2D eigenvalue weighted by atomic mass is 16.5. The lowest BCUT2D eigenvalue weighted by Gasteiger charge is -2.03. The Morgan fingerprint density at radius 2 is 1.94 bits per heavy atom. The van der Waals surface area contributed by atoms with Crippen molar-refractivity contribution in [2.75, 3.05) is 13.7 Å². The number of imidazole rings is 1. The molecular weight excluding hydrogens is 216 g/mol. The molecule has 1 aromatic carbocycles. The normalized spacial score (nSPS) is 10.3. The lowest BCUT2D eigenvalue weighted by Crippen LogP contribution is -1.91. The molecule has 4 nitrogen and oxygen atoms in total. The number of rotatable bonds is 4. The van der Waals surface area contributed by atoms with Gasteiger partial charge in [0.15, 0.2) is 0 Å². The Hall–Kier alpha value is -1.97. The first kappa shape index (κ1) is 11.5. The molecule has 2 aromatic rings. The molecule has 0 bridgehead atoms. The summed E-state index contributed by atoms with van der Waals surface area (Å²) in [7, 11) is 1.60. The summed E-state index contributed by atoms with van der Waals surface area (Å²) in [6.07, 6.45) is 0. The third-order valence-corrected chi connectivity index (χ3v) is 2.50. The number of methoxy groups -OCH3 is 1. The van der Waals surface area contributed by atoms with E-state index in [0.717, 1.165) is 22.7 Å². The van der Waals surface area contributed by atoms with Gasteiger partial charge in [0, 0.05) is 11.3 Å².